The largest absolute Gasteiger partial charge is 0.309 e. The van der Waals surface area contributed by atoms with Crippen LogP contribution in [0.3, 0.4) is 0 Å². The van der Waals surface area contributed by atoms with Crippen LogP contribution >= 0.6 is 22.9 Å². The second-order valence-electron chi connectivity index (χ2n) is 5.37. The number of hydrogen-bond acceptors (Lipinski definition) is 2. The number of aryl methyl sites for hydroxylation is 2. The second-order valence-corrected chi connectivity index (χ2v) is 6.89. The molecule has 1 unspecified atom stereocenters. The number of benzene rings is 2. The molecule has 0 aliphatic carbocycles. The van der Waals surface area contributed by atoms with E-state index in [4.69, 9.17) is 11.6 Å². The molecule has 1 N–H and O–H groups in total. The van der Waals surface area contributed by atoms with Crippen molar-refractivity contribution in [1.29, 1.82) is 0 Å². The Morgan fingerprint density at radius 3 is 2.48 bits per heavy atom. The van der Waals surface area contributed by atoms with Crippen molar-refractivity contribution in [3.63, 3.8) is 0 Å². The molecule has 0 aliphatic rings. The Bertz CT molecular complexity index is 758. The van der Waals surface area contributed by atoms with Crippen LogP contribution in [0.25, 0.3) is 10.1 Å². The third kappa shape index (κ3) is 2.71. The normalized spacial score (nSPS) is 12.8. The molecule has 1 atom stereocenters. The average molecular weight is 316 g/mol. The number of rotatable bonds is 3. The highest BCUT2D eigenvalue weighted by atomic mass is 35.5. The van der Waals surface area contributed by atoms with Crippen LogP contribution < -0.4 is 5.32 Å². The summed E-state index contributed by atoms with van der Waals surface area (Å²) in [7, 11) is 1.99. The molecule has 108 valence electrons. The molecule has 3 heteroatoms. The number of thiophene rings is 1. The van der Waals surface area contributed by atoms with Gasteiger partial charge in [0.15, 0.2) is 0 Å². The van der Waals surface area contributed by atoms with E-state index in [0.29, 0.717) is 0 Å². The highest BCUT2D eigenvalue weighted by molar-refractivity contribution is 7.19. The summed E-state index contributed by atoms with van der Waals surface area (Å²) in [6.07, 6.45) is 0. The highest BCUT2D eigenvalue weighted by Crippen LogP contribution is 2.36. The van der Waals surface area contributed by atoms with Crippen LogP contribution in [-0.4, -0.2) is 7.05 Å². The van der Waals surface area contributed by atoms with E-state index in [-0.39, 0.29) is 6.04 Å². The quantitative estimate of drug-likeness (QED) is 0.674. The summed E-state index contributed by atoms with van der Waals surface area (Å²) in [5, 5.41) is 5.53. The van der Waals surface area contributed by atoms with Crippen molar-refractivity contribution in [2.45, 2.75) is 19.9 Å². The van der Waals surface area contributed by atoms with Gasteiger partial charge in [-0.05, 0) is 61.2 Å². The summed E-state index contributed by atoms with van der Waals surface area (Å²) in [5.41, 5.74) is 3.65. The molecule has 3 rings (SSSR count). The summed E-state index contributed by atoms with van der Waals surface area (Å²) in [6.45, 7) is 4.23. The van der Waals surface area contributed by atoms with Gasteiger partial charge in [-0.25, -0.2) is 0 Å². The van der Waals surface area contributed by atoms with Gasteiger partial charge in [0.1, 0.15) is 0 Å². The second kappa shape index (κ2) is 5.80. The Balaban J connectivity index is 2.11. The predicted molar refractivity (Wildman–Crippen MR) is 93.7 cm³/mol. The van der Waals surface area contributed by atoms with Gasteiger partial charge >= 0.3 is 0 Å². The van der Waals surface area contributed by atoms with Gasteiger partial charge in [0.05, 0.1) is 6.04 Å². The molecule has 0 bridgehead atoms. The fourth-order valence-corrected chi connectivity index (χ4v) is 4.14. The zero-order valence-corrected chi connectivity index (χ0v) is 14.0. The molecule has 2 aromatic carbocycles. The van der Waals surface area contributed by atoms with E-state index in [1.54, 1.807) is 0 Å². The number of fused-ring (bicyclic) bond motifs is 1. The molecule has 0 amide bonds. The maximum atomic E-state index is 6.49. The molecule has 1 nitrogen and oxygen atoms in total. The Morgan fingerprint density at radius 2 is 1.76 bits per heavy atom. The van der Waals surface area contributed by atoms with Crippen LogP contribution in [0, 0.1) is 13.8 Å². The molecule has 0 aliphatic heterocycles. The van der Waals surface area contributed by atoms with Crippen LogP contribution in [0.5, 0.6) is 0 Å². The van der Waals surface area contributed by atoms with Crippen LogP contribution in [0.4, 0.5) is 0 Å². The monoisotopic (exact) mass is 315 g/mol. The van der Waals surface area contributed by atoms with Gasteiger partial charge < -0.3 is 5.32 Å². The summed E-state index contributed by atoms with van der Waals surface area (Å²) in [6, 6.07) is 15.1. The molecular formula is C18H18ClNS. The molecule has 1 aromatic heterocycles. The SMILES string of the molecule is CNC(c1cc2ccccc2s1)c1cc(C)c(C)cc1Cl. The van der Waals surface area contributed by atoms with E-state index in [9.17, 15) is 0 Å². The van der Waals surface area contributed by atoms with Gasteiger partial charge in [0.2, 0.25) is 0 Å². The molecule has 0 saturated carbocycles. The van der Waals surface area contributed by atoms with Crippen molar-refractivity contribution in [2.75, 3.05) is 7.05 Å². The maximum absolute atomic E-state index is 6.49. The van der Waals surface area contributed by atoms with Gasteiger partial charge in [-0.3, -0.25) is 0 Å². The van der Waals surface area contributed by atoms with Crippen LogP contribution in [0.1, 0.15) is 27.6 Å². The standard InChI is InChI=1S/C18H18ClNS/c1-11-8-14(15(19)9-12(11)2)18(20-3)17-10-13-6-4-5-7-16(13)21-17/h4-10,18,20H,1-3H3. The van der Waals surface area contributed by atoms with Crippen molar-refractivity contribution < 1.29 is 0 Å². The fourth-order valence-electron chi connectivity index (χ4n) is 2.62. The minimum Gasteiger partial charge on any atom is -0.309 e. The molecule has 0 spiro atoms. The minimum absolute atomic E-state index is 0.134. The molecule has 0 fully saturated rings. The topological polar surface area (TPSA) is 12.0 Å². The molecule has 3 aromatic rings. The van der Waals surface area contributed by atoms with Crippen molar-refractivity contribution in [2.24, 2.45) is 0 Å². The first kappa shape index (κ1) is 14.6. The van der Waals surface area contributed by atoms with Crippen molar-refractivity contribution in [3.05, 3.63) is 69.1 Å². The molecule has 1 heterocycles. The Hall–Kier alpha value is -1.35. The van der Waals surface area contributed by atoms with Crippen molar-refractivity contribution >= 4 is 33.0 Å². The van der Waals surface area contributed by atoms with E-state index in [0.717, 1.165) is 10.6 Å². The third-order valence-electron chi connectivity index (χ3n) is 3.94. The molecular weight excluding hydrogens is 298 g/mol. The predicted octanol–water partition coefficient (Wildman–Crippen LogP) is 5.48. The summed E-state index contributed by atoms with van der Waals surface area (Å²) in [5.74, 6) is 0. The van der Waals surface area contributed by atoms with Gasteiger partial charge in [-0.2, -0.15) is 0 Å². The summed E-state index contributed by atoms with van der Waals surface area (Å²) >= 11 is 8.31. The van der Waals surface area contributed by atoms with E-state index < -0.39 is 0 Å². The number of hydrogen-bond donors (Lipinski definition) is 1. The summed E-state index contributed by atoms with van der Waals surface area (Å²) in [4.78, 5) is 1.30. The molecule has 0 radical (unpaired) electrons. The zero-order valence-electron chi connectivity index (χ0n) is 12.4. The van der Waals surface area contributed by atoms with E-state index in [2.05, 4.69) is 61.6 Å². The Kier molecular flexibility index (Phi) is 4.03. The van der Waals surface area contributed by atoms with Crippen LogP contribution in [-0.2, 0) is 0 Å². The highest BCUT2D eigenvalue weighted by Gasteiger charge is 2.18. The van der Waals surface area contributed by atoms with E-state index >= 15 is 0 Å². The molecule has 21 heavy (non-hydrogen) atoms. The Morgan fingerprint density at radius 1 is 1.05 bits per heavy atom. The fraction of sp³-hybridized carbons (Fsp3) is 0.222. The number of nitrogens with one attached hydrogen (secondary N) is 1. The van der Waals surface area contributed by atoms with Gasteiger partial charge in [-0.1, -0.05) is 35.9 Å². The first-order valence-electron chi connectivity index (χ1n) is 7.02. The maximum Gasteiger partial charge on any atom is 0.0683 e. The summed E-state index contributed by atoms with van der Waals surface area (Å²) < 4.78 is 1.31. The first-order chi connectivity index (χ1) is 10.1. The van der Waals surface area contributed by atoms with Crippen LogP contribution in [0.2, 0.25) is 5.02 Å². The average Bonchev–Trinajstić information content (AvgIpc) is 2.88. The minimum atomic E-state index is 0.134. The van der Waals surface area contributed by atoms with Crippen LogP contribution in [0.15, 0.2) is 42.5 Å². The lowest BCUT2D eigenvalue weighted by Crippen LogP contribution is -2.17. The van der Waals surface area contributed by atoms with Gasteiger partial charge in [0, 0.05) is 14.6 Å². The lowest BCUT2D eigenvalue weighted by atomic mass is 9.99. The first-order valence-corrected chi connectivity index (χ1v) is 8.22. The van der Waals surface area contributed by atoms with Crippen molar-refractivity contribution in [1.82, 2.24) is 5.32 Å². The van der Waals surface area contributed by atoms with Crippen molar-refractivity contribution in [3.8, 4) is 0 Å². The van der Waals surface area contributed by atoms with E-state index in [1.165, 1.54) is 26.1 Å². The lowest BCUT2D eigenvalue weighted by Gasteiger charge is -2.18. The van der Waals surface area contributed by atoms with Gasteiger partial charge in [-0.15, -0.1) is 11.3 Å². The zero-order chi connectivity index (χ0) is 15.0. The van der Waals surface area contributed by atoms with E-state index in [1.807, 2.05) is 18.4 Å². The molecule has 0 saturated heterocycles. The smallest absolute Gasteiger partial charge is 0.0683 e. The number of halogens is 1. The lowest BCUT2D eigenvalue weighted by molar-refractivity contribution is 0.703. The third-order valence-corrected chi connectivity index (χ3v) is 5.45. The Labute approximate surface area is 134 Å². The van der Waals surface area contributed by atoms with Gasteiger partial charge in [0.25, 0.3) is 0 Å².